The molecule has 3 N–H and O–H groups in total. The lowest BCUT2D eigenvalue weighted by Gasteiger charge is -2.06. The Balaban J connectivity index is 1.83. The Morgan fingerprint density at radius 1 is 1.28 bits per heavy atom. The summed E-state index contributed by atoms with van der Waals surface area (Å²) in [6.07, 6.45) is 4.07. The van der Waals surface area contributed by atoms with Crippen LogP contribution in [0.15, 0.2) is 24.7 Å². The third kappa shape index (κ3) is 3.04. The number of aromatic nitrogens is 2. The Morgan fingerprint density at radius 3 is 2.61 bits per heavy atom. The van der Waals surface area contributed by atoms with Crippen LogP contribution in [0.4, 0.5) is 8.78 Å². The van der Waals surface area contributed by atoms with Gasteiger partial charge in [0, 0.05) is 31.4 Å². The first kappa shape index (κ1) is 12.5. The van der Waals surface area contributed by atoms with Crippen molar-refractivity contribution >= 4 is 0 Å². The van der Waals surface area contributed by atoms with Crippen LogP contribution in [0.3, 0.4) is 0 Å². The van der Waals surface area contributed by atoms with E-state index in [2.05, 4.69) is 15.3 Å². The van der Waals surface area contributed by atoms with Crippen molar-refractivity contribution < 1.29 is 13.9 Å². The van der Waals surface area contributed by atoms with Crippen molar-refractivity contribution in [2.45, 2.75) is 13.0 Å². The van der Waals surface area contributed by atoms with Crippen LogP contribution < -0.4 is 5.32 Å². The number of H-pyrrole nitrogens is 1. The second kappa shape index (κ2) is 5.59. The molecular formula is C12H13F2N3O. The second-order valence-electron chi connectivity index (χ2n) is 3.91. The molecule has 0 amide bonds. The summed E-state index contributed by atoms with van der Waals surface area (Å²) in [5.74, 6) is -2.82. The van der Waals surface area contributed by atoms with E-state index in [0.717, 1.165) is 24.2 Å². The smallest absolute Gasteiger partial charge is 0.187 e. The van der Waals surface area contributed by atoms with Crippen LogP contribution in [0, 0.1) is 11.6 Å². The summed E-state index contributed by atoms with van der Waals surface area (Å²) in [5, 5.41) is 12.0. The number of hydrogen-bond donors (Lipinski definition) is 3. The first-order valence-corrected chi connectivity index (χ1v) is 5.51. The molecule has 0 aliphatic rings. The van der Waals surface area contributed by atoms with E-state index in [1.54, 1.807) is 12.5 Å². The Hall–Kier alpha value is -1.95. The van der Waals surface area contributed by atoms with Gasteiger partial charge in [-0.2, -0.15) is 0 Å². The van der Waals surface area contributed by atoms with Crippen LogP contribution in [-0.4, -0.2) is 21.6 Å². The highest BCUT2D eigenvalue weighted by atomic mass is 19.1. The summed E-state index contributed by atoms with van der Waals surface area (Å²) in [4.78, 5) is 6.84. The average molecular weight is 253 g/mol. The van der Waals surface area contributed by atoms with Crippen molar-refractivity contribution in [3.63, 3.8) is 0 Å². The minimum atomic E-state index is -0.944. The maximum atomic E-state index is 13.0. The zero-order valence-electron chi connectivity index (χ0n) is 9.58. The Bertz CT molecular complexity index is 491. The number of halogens is 2. The van der Waals surface area contributed by atoms with E-state index in [1.807, 2.05) is 0 Å². The monoisotopic (exact) mass is 253 g/mol. The van der Waals surface area contributed by atoms with E-state index in [1.165, 1.54) is 0 Å². The van der Waals surface area contributed by atoms with Gasteiger partial charge >= 0.3 is 0 Å². The number of benzene rings is 1. The SMILES string of the molecule is Oc1c(F)cc(CNCCc2cnc[nH]2)cc1F. The molecule has 0 radical (unpaired) electrons. The molecule has 0 bridgehead atoms. The van der Waals surface area contributed by atoms with Gasteiger partial charge in [0.1, 0.15) is 0 Å². The number of nitrogens with one attached hydrogen (secondary N) is 2. The van der Waals surface area contributed by atoms with Gasteiger partial charge in [-0.3, -0.25) is 0 Å². The van der Waals surface area contributed by atoms with Gasteiger partial charge in [0.25, 0.3) is 0 Å². The van der Waals surface area contributed by atoms with Gasteiger partial charge in [0.05, 0.1) is 6.33 Å². The highest BCUT2D eigenvalue weighted by Crippen LogP contribution is 2.21. The maximum absolute atomic E-state index is 13.0. The van der Waals surface area contributed by atoms with Crippen LogP contribution in [0.5, 0.6) is 5.75 Å². The average Bonchev–Trinajstić information content (AvgIpc) is 2.84. The molecule has 6 heteroatoms. The van der Waals surface area contributed by atoms with E-state index in [9.17, 15) is 8.78 Å². The van der Waals surface area contributed by atoms with Crippen LogP contribution >= 0.6 is 0 Å². The lowest BCUT2D eigenvalue weighted by Crippen LogP contribution is -2.17. The van der Waals surface area contributed by atoms with E-state index in [-0.39, 0.29) is 0 Å². The van der Waals surface area contributed by atoms with Crippen LogP contribution in [0.25, 0.3) is 0 Å². The minimum absolute atomic E-state index is 0.336. The second-order valence-corrected chi connectivity index (χ2v) is 3.91. The normalized spacial score (nSPS) is 10.8. The summed E-state index contributed by atoms with van der Waals surface area (Å²) >= 11 is 0. The first-order valence-electron chi connectivity index (χ1n) is 5.51. The van der Waals surface area contributed by atoms with Crippen molar-refractivity contribution in [2.24, 2.45) is 0 Å². The van der Waals surface area contributed by atoms with Gasteiger partial charge in [0.15, 0.2) is 17.4 Å². The topological polar surface area (TPSA) is 60.9 Å². The molecule has 0 fully saturated rings. The van der Waals surface area contributed by atoms with Crippen LogP contribution in [0.2, 0.25) is 0 Å². The molecule has 96 valence electrons. The molecule has 0 spiro atoms. The molecule has 18 heavy (non-hydrogen) atoms. The van der Waals surface area contributed by atoms with Crippen LogP contribution in [-0.2, 0) is 13.0 Å². The molecule has 0 saturated heterocycles. The summed E-state index contributed by atoms with van der Waals surface area (Å²) in [5.41, 5.74) is 1.44. The van der Waals surface area contributed by atoms with E-state index >= 15 is 0 Å². The molecule has 2 rings (SSSR count). The molecule has 2 aromatic rings. The number of hydrogen-bond acceptors (Lipinski definition) is 3. The van der Waals surface area contributed by atoms with Gasteiger partial charge < -0.3 is 15.4 Å². The van der Waals surface area contributed by atoms with E-state index in [0.29, 0.717) is 18.7 Å². The summed E-state index contributed by atoms with van der Waals surface area (Å²) in [6.45, 7) is 0.995. The van der Waals surface area contributed by atoms with Gasteiger partial charge in [0.2, 0.25) is 0 Å². The first-order chi connectivity index (χ1) is 8.66. The predicted octanol–water partition coefficient (Wildman–Crippen LogP) is 1.73. The molecular weight excluding hydrogens is 240 g/mol. The molecule has 1 heterocycles. The van der Waals surface area contributed by atoms with Gasteiger partial charge in [-0.1, -0.05) is 0 Å². The number of rotatable bonds is 5. The quantitative estimate of drug-likeness (QED) is 0.711. The van der Waals surface area contributed by atoms with Crippen molar-refractivity contribution in [1.29, 1.82) is 0 Å². The van der Waals surface area contributed by atoms with E-state index in [4.69, 9.17) is 5.11 Å². The van der Waals surface area contributed by atoms with E-state index < -0.39 is 17.4 Å². The third-order valence-electron chi connectivity index (χ3n) is 2.53. The standard InChI is InChI=1S/C12H13F2N3O/c13-10-3-8(4-11(14)12(10)18)5-15-2-1-9-6-16-7-17-9/h3-4,6-7,15,18H,1-2,5H2,(H,16,17). The molecule has 1 aromatic carbocycles. The highest BCUT2D eigenvalue weighted by Gasteiger charge is 2.08. The maximum Gasteiger partial charge on any atom is 0.187 e. The predicted molar refractivity (Wildman–Crippen MR) is 62.0 cm³/mol. The van der Waals surface area contributed by atoms with Crippen molar-refractivity contribution in [2.75, 3.05) is 6.54 Å². The van der Waals surface area contributed by atoms with Crippen LogP contribution in [0.1, 0.15) is 11.3 Å². The summed E-state index contributed by atoms with van der Waals surface area (Å²) in [6, 6.07) is 2.23. The number of aromatic hydroxyl groups is 1. The Labute approximate surface area is 103 Å². The van der Waals surface area contributed by atoms with Crippen molar-refractivity contribution in [1.82, 2.24) is 15.3 Å². The summed E-state index contributed by atoms with van der Waals surface area (Å²) in [7, 11) is 0. The van der Waals surface area contributed by atoms with Gasteiger partial charge in [-0.05, 0) is 17.7 Å². The molecule has 1 aromatic heterocycles. The number of phenols is 1. The Morgan fingerprint density at radius 2 is 2.00 bits per heavy atom. The molecule has 0 aliphatic carbocycles. The highest BCUT2D eigenvalue weighted by molar-refractivity contribution is 5.29. The molecule has 0 atom stereocenters. The van der Waals surface area contributed by atoms with Gasteiger partial charge in [-0.25, -0.2) is 13.8 Å². The third-order valence-corrected chi connectivity index (χ3v) is 2.53. The number of nitrogens with zero attached hydrogens (tertiary/aromatic N) is 1. The van der Waals surface area contributed by atoms with Crippen molar-refractivity contribution in [3.8, 4) is 5.75 Å². The summed E-state index contributed by atoms with van der Waals surface area (Å²) < 4.78 is 26.1. The Kier molecular flexibility index (Phi) is 3.88. The zero-order chi connectivity index (χ0) is 13.0. The fourth-order valence-corrected chi connectivity index (χ4v) is 1.60. The fourth-order valence-electron chi connectivity index (χ4n) is 1.60. The molecule has 0 unspecified atom stereocenters. The lowest BCUT2D eigenvalue weighted by atomic mass is 10.2. The molecule has 0 saturated carbocycles. The number of imidazole rings is 1. The number of phenolic OH excluding ortho intramolecular Hbond substituents is 1. The lowest BCUT2D eigenvalue weighted by molar-refractivity contribution is 0.395. The zero-order valence-corrected chi connectivity index (χ0v) is 9.58. The van der Waals surface area contributed by atoms with Crippen molar-refractivity contribution in [3.05, 3.63) is 47.5 Å². The van der Waals surface area contributed by atoms with Gasteiger partial charge in [-0.15, -0.1) is 0 Å². The molecule has 4 nitrogen and oxygen atoms in total. The number of aromatic amines is 1. The minimum Gasteiger partial charge on any atom is -0.503 e. The fraction of sp³-hybridized carbons (Fsp3) is 0.250. The largest absolute Gasteiger partial charge is 0.503 e. The molecule has 0 aliphatic heterocycles.